The molecule has 2 aliphatic heterocycles. The number of nitrogens with zero attached hydrogens (tertiary/aromatic N) is 2. The van der Waals surface area contributed by atoms with Crippen LogP contribution in [0.3, 0.4) is 0 Å². The number of aromatic nitrogens is 2. The van der Waals surface area contributed by atoms with E-state index in [0.29, 0.717) is 51.6 Å². The number of benzene rings is 3. The molecule has 4 heterocycles. The number of carbonyl (C=O) groups excluding carboxylic acids is 4. The fraction of sp³-hybridized carbons (Fsp3) is 0.410. The number of phenolic OH excluding ortho intramolecular Hbond substituents is 1. The Bertz CT molecular complexity index is 3250. The molecule has 2 saturated heterocycles. The third kappa shape index (κ3) is 14.8. The second-order valence-electron chi connectivity index (χ2n) is 22.1. The minimum absolute atomic E-state index is 0.0298. The summed E-state index contributed by atoms with van der Waals surface area (Å²) in [5.74, 6) is -6.42. The van der Waals surface area contributed by atoms with Crippen LogP contribution in [-0.2, 0) is 55.1 Å². The highest BCUT2D eigenvalue weighted by Gasteiger charge is 2.77. The van der Waals surface area contributed by atoms with Crippen LogP contribution in [0.25, 0.3) is 24.3 Å². The van der Waals surface area contributed by atoms with Crippen LogP contribution in [0.5, 0.6) is 11.5 Å². The van der Waals surface area contributed by atoms with Crippen LogP contribution in [0.4, 0.5) is 26.3 Å². The number of halogens is 7. The summed E-state index contributed by atoms with van der Waals surface area (Å²) in [4.78, 5) is 56.9. The van der Waals surface area contributed by atoms with E-state index in [4.69, 9.17) is 55.4 Å². The van der Waals surface area contributed by atoms with E-state index in [-0.39, 0.29) is 53.3 Å². The summed E-state index contributed by atoms with van der Waals surface area (Å²) >= 11 is 7.28. The van der Waals surface area contributed by atoms with Crippen LogP contribution in [0, 0.1) is 23.7 Å². The van der Waals surface area contributed by atoms with Gasteiger partial charge in [-0.05, 0) is 121 Å². The zero-order valence-electron chi connectivity index (χ0n) is 47.4. The van der Waals surface area contributed by atoms with E-state index in [2.05, 4.69) is 10.6 Å². The third-order valence-corrected chi connectivity index (χ3v) is 16.5. The van der Waals surface area contributed by atoms with Gasteiger partial charge < -0.3 is 70.2 Å². The molecule has 2 amide bonds. The Kier molecular flexibility index (Phi) is 20.7. The van der Waals surface area contributed by atoms with Crippen LogP contribution >= 0.6 is 11.6 Å². The van der Waals surface area contributed by atoms with Gasteiger partial charge in [-0.15, -0.1) is 0 Å². The van der Waals surface area contributed by atoms with Crippen molar-refractivity contribution in [1.82, 2.24) is 10.6 Å². The SMILES string of the molecule is COC1(c2cc(Cc3ccc(C(=O)NCCNC(=O)c4cc(/C=C/c5cc[n+](C)cc5)c(O)c(/C=C/c5cc[n+](C)cc5)c4)cc3)cc(O[C@@H]3OC(CO)[C@H](O)[C@H](O)C3O)c2Cl)OOC12C1CC3CC(C1)CC2C3.O=C([O-])C(F)(F)F.O=C([O-])C(F)(F)F. The molecule has 11 rings (SSSR count). The van der Waals surface area contributed by atoms with Crippen LogP contribution in [0.1, 0.15) is 91.8 Å². The lowest BCUT2D eigenvalue weighted by Crippen LogP contribution is -2.76. The summed E-state index contributed by atoms with van der Waals surface area (Å²) in [5, 5.41) is 76.7. The van der Waals surface area contributed by atoms with Gasteiger partial charge in [0.2, 0.25) is 6.29 Å². The van der Waals surface area contributed by atoms with E-state index in [0.717, 1.165) is 42.4 Å². The normalized spacial score (nSPS) is 26.1. The summed E-state index contributed by atoms with van der Waals surface area (Å²) in [7, 11) is 5.44. The summed E-state index contributed by atoms with van der Waals surface area (Å²) in [6.07, 6.45) is 2.44. The second-order valence-corrected chi connectivity index (χ2v) is 22.5. The van der Waals surface area contributed by atoms with E-state index in [1.807, 2.05) is 103 Å². The second kappa shape index (κ2) is 27.5. The third-order valence-electron chi connectivity index (χ3n) is 16.1. The molecule has 6 fully saturated rings. The molecular formula is C61H63ClF6N4O16. The number of phenols is 1. The molecule has 88 heavy (non-hydrogen) atoms. The van der Waals surface area contributed by atoms with Crippen molar-refractivity contribution < 1.29 is 114 Å². The van der Waals surface area contributed by atoms with Gasteiger partial charge in [0.15, 0.2) is 30.4 Å². The maximum atomic E-state index is 13.6. The van der Waals surface area contributed by atoms with Crippen molar-refractivity contribution in [3.05, 3.63) is 153 Å². The summed E-state index contributed by atoms with van der Waals surface area (Å²) in [5.41, 5.74) is 4.71. The summed E-state index contributed by atoms with van der Waals surface area (Å²) in [6, 6.07) is 21.7. The van der Waals surface area contributed by atoms with Gasteiger partial charge in [0.05, 0.1) is 11.6 Å². The van der Waals surface area contributed by atoms with Gasteiger partial charge in [-0.3, -0.25) is 9.59 Å². The van der Waals surface area contributed by atoms with Gasteiger partial charge in [-0.2, -0.15) is 31.2 Å². The number of carboxylic acid groups (broad SMARTS) is 2. The molecule has 5 aromatic rings. The number of rotatable bonds is 16. The number of ether oxygens (including phenoxy) is 3. The first-order valence-electron chi connectivity index (χ1n) is 27.6. The molecule has 27 heteroatoms. The van der Waals surface area contributed by atoms with Crippen molar-refractivity contribution in [3.8, 4) is 11.5 Å². The number of alkyl halides is 6. The first-order chi connectivity index (χ1) is 41.6. The lowest BCUT2D eigenvalue weighted by Gasteiger charge is -2.68. The Morgan fingerprint density at radius 2 is 1.16 bits per heavy atom. The van der Waals surface area contributed by atoms with Crippen molar-refractivity contribution in [1.29, 1.82) is 0 Å². The Morgan fingerprint density at radius 3 is 1.59 bits per heavy atom. The number of aliphatic hydroxyl groups is 4. The first-order valence-corrected chi connectivity index (χ1v) is 28.0. The number of methoxy groups -OCH3 is 1. The summed E-state index contributed by atoms with van der Waals surface area (Å²) in [6.45, 7) is -0.358. The van der Waals surface area contributed by atoms with Crippen molar-refractivity contribution in [2.24, 2.45) is 37.8 Å². The van der Waals surface area contributed by atoms with Crippen LogP contribution < -0.4 is 34.7 Å². The highest BCUT2D eigenvalue weighted by molar-refractivity contribution is 6.33. The molecule has 1 spiro atoms. The zero-order valence-corrected chi connectivity index (χ0v) is 48.1. The van der Waals surface area contributed by atoms with Gasteiger partial charge in [0.25, 0.3) is 17.6 Å². The van der Waals surface area contributed by atoms with E-state index in [1.54, 1.807) is 49.6 Å². The standard InChI is InChI=1S/C57H61ClN4O12.2C2HF3O2/c1-61-18-12-33(13-19-61)4-10-40-30-42(31-41(49(40)64)11-5-34-14-20-62(2)21-15-34)54(69)60-17-16-59-53(68)39-8-6-35(7-9-39)22-38-28-45(48(58)46(29-38)71-55-52(67)51(66)50(65)47(32-63)72-55)57(70-3)56(73-74-57)43-24-36-23-37(26-43)27-44(56)25-36;2*3-2(4,5)1(6)7/h4-15,18-21,28-31,36-37,43-44,47,50-52,55,63,65-67H,16-17,22-27,32H2,1-3H3,(H-,59,60,68,69);2*(H,6,7)/t36?,37?,43?,44?,47?,50-,51-,52?,55+,56?,57?;;/m0../s1. The van der Waals surface area contributed by atoms with Crippen molar-refractivity contribution in [2.45, 2.75) is 93.0 Å². The average Bonchev–Trinajstić information content (AvgIpc) is 0.672. The average molecular weight is 1260 g/mol. The number of carbonyl (C=O) groups is 4. The number of aliphatic carboxylic acids is 2. The Balaban J connectivity index is 0.000000641. The van der Waals surface area contributed by atoms with E-state index < -0.39 is 73.0 Å². The monoisotopic (exact) mass is 1260 g/mol. The van der Waals surface area contributed by atoms with Gasteiger partial charge in [0.1, 0.15) is 61.9 Å². The number of aliphatic hydroxyl groups excluding tert-OH is 4. The molecule has 6 atom stereocenters. The molecule has 0 radical (unpaired) electrons. The molecule has 6 aliphatic rings. The van der Waals surface area contributed by atoms with Crippen LogP contribution in [0.2, 0.25) is 5.02 Å². The molecule has 20 nitrogen and oxygen atoms in total. The number of hydrogen-bond acceptors (Lipinski definition) is 16. The molecule has 3 unspecified atom stereocenters. The predicted octanol–water partition coefficient (Wildman–Crippen LogP) is 3.52. The number of hydrogen-bond donors (Lipinski definition) is 7. The zero-order chi connectivity index (χ0) is 64.0. The van der Waals surface area contributed by atoms with Gasteiger partial charge in [0, 0.05) is 72.3 Å². The minimum atomic E-state index is -5.19. The summed E-state index contributed by atoms with van der Waals surface area (Å²) < 4.78 is 85.3. The predicted molar refractivity (Wildman–Crippen MR) is 294 cm³/mol. The van der Waals surface area contributed by atoms with Crippen molar-refractivity contribution in [2.75, 3.05) is 26.8 Å². The van der Waals surface area contributed by atoms with Gasteiger partial charge in [-0.1, -0.05) is 48.0 Å². The Labute approximate surface area is 504 Å². The van der Waals surface area contributed by atoms with E-state index in [9.17, 15) is 61.5 Å². The number of aromatic hydroxyl groups is 1. The quantitative estimate of drug-likeness (QED) is 0.0322. The smallest absolute Gasteiger partial charge is 0.430 e. The minimum Gasteiger partial charge on any atom is -0.542 e. The largest absolute Gasteiger partial charge is 0.542 e. The molecule has 2 aromatic heterocycles. The van der Waals surface area contributed by atoms with Gasteiger partial charge >= 0.3 is 12.4 Å². The molecule has 7 N–H and O–H groups in total. The molecule has 4 saturated carbocycles. The van der Waals surface area contributed by atoms with E-state index in [1.165, 1.54) is 6.42 Å². The maximum absolute atomic E-state index is 13.6. The molecule has 472 valence electrons. The topological polar surface area (TPSA) is 294 Å². The van der Waals surface area contributed by atoms with Gasteiger partial charge in [-0.25, -0.2) is 14.0 Å². The molecular weight excluding hydrogens is 1190 g/mol. The fourth-order valence-electron chi connectivity index (χ4n) is 12.0. The lowest BCUT2D eigenvalue weighted by molar-refractivity contribution is -0.671. The fourth-order valence-corrected chi connectivity index (χ4v) is 12.2. The number of pyridine rings is 2. The molecule has 4 aliphatic carbocycles. The highest BCUT2D eigenvalue weighted by atomic mass is 35.5. The van der Waals surface area contributed by atoms with Crippen LogP contribution in [-0.4, -0.2) is 125 Å². The number of amides is 2. The lowest BCUT2D eigenvalue weighted by atomic mass is 9.47. The number of nitrogens with one attached hydrogen (secondary N) is 2. The first kappa shape index (κ1) is 66.4. The number of aryl methyl sites for hydroxylation is 2. The Morgan fingerprint density at radius 1 is 0.682 bits per heavy atom. The maximum Gasteiger partial charge on any atom is 0.430 e. The molecule has 4 bridgehead atoms. The Hall–Kier alpha value is -7.53. The van der Waals surface area contributed by atoms with Crippen molar-refractivity contribution in [3.63, 3.8) is 0 Å². The highest BCUT2D eigenvalue weighted by Crippen LogP contribution is 2.70. The van der Waals surface area contributed by atoms with Crippen molar-refractivity contribution >= 4 is 59.7 Å². The number of carboxylic acids is 2. The van der Waals surface area contributed by atoms with Crippen LogP contribution in [0.15, 0.2) is 97.6 Å². The van der Waals surface area contributed by atoms with E-state index >= 15 is 0 Å². The molecule has 3 aromatic carbocycles.